The molecule has 1 aliphatic heterocycles. The zero-order valence-corrected chi connectivity index (χ0v) is 17.7. The largest absolute Gasteiger partial charge is 0.438 e. The summed E-state index contributed by atoms with van der Waals surface area (Å²) in [5.41, 5.74) is 0.291. The fourth-order valence-corrected chi connectivity index (χ4v) is 4.00. The van der Waals surface area contributed by atoms with Crippen molar-refractivity contribution in [1.29, 1.82) is 0 Å². The van der Waals surface area contributed by atoms with E-state index in [1.807, 2.05) is 12.1 Å². The lowest BCUT2D eigenvalue weighted by Crippen LogP contribution is -2.22. The number of amides is 1. The van der Waals surface area contributed by atoms with Crippen LogP contribution in [0.2, 0.25) is 0 Å². The number of rotatable bonds is 3. The lowest BCUT2D eigenvalue weighted by molar-refractivity contribution is -0.121. The van der Waals surface area contributed by atoms with Crippen molar-refractivity contribution in [2.45, 2.75) is 0 Å². The van der Waals surface area contributed by atoms with Gasteiger partial charge in [-0.15, -0.1) is 0 Å². The number of halogens is 1. The SMILES string of the molecule is CN1C(=O)/C(=C/c2c(Oc3ccc(Br)cc3)nc3ccccn3c2=O)SC1=S. The molecule has 28 heavy (non-hydrogen) atoms. The summed E-state index contributed by atoms with van der Waals surface area (Å²) in [5.74, 6) is 0.384. The Morgan fingerprint density at radius 1 is 1.18 bits per heavy atom. The third-order valence-electron chi connectivity index (χ3n) is 4.02. The molecule has 1 aromatic carbocycles. The van der Waals surface area contributed by atoms with Crippen LogP contribution in [0.25, 0.3) is 11.7 Å². The third-order valence-corrected chi connectivity index (χ3v) is 6.04. The molecule has 1 saturated heterocycles. The van der Waals surface area contributed by atoms with Gasteiger partial charge in [-0.25, -0.2) is 0 Å². The van der Waals surface area contributed by atoms with Gasteiger partial charge in [-0.1, -0.05) is 46.0 Å². The fourth-order valence-electron chi connectivity index (χ4n) is 2.57. The summed E-state index contributed by atoms with van der Waals surface area (Å²) in [6, 6.07) is 12.4. The van der Waals surface area contributed by atoms with Crippen LogP contribution in [0.1, 0.15) is 5.56 Å². The molecule has 9 heteroatoms. The van der Waals surface area contributed by atoms with Crippen molar-refractivity contribution in [2.75, 3.05) is 7.05 Å². The van der Waals surface area contributed by atoms with Crippen molar-refractivity contribution < 1.29 is 9.53 Å². The molecule has 0 atom stereocenters. The third kappa shape index (κ3) is 3.48. The van der Waals surface area contributed by atoms with Gasteiger partial charge in [0.2, 0.25) is 5.88 Å². The molecule has 0 radical (unpaired) electrons. The van der Waals surface area contributed by atoms with Crippen LogP contribution in [0.5, 0.6) is 11.6 Å². The normalized spacial score (nSPS) is 15.6. The van der Waals surface area contributed by atoms with Gasteiger partial charge in [0, 0.05) is 17.7 Å². The maximum absolute atomic E-state index is 13.1. The number of nitrogens with zero attached hydrogens (tertiary/aromatic N) is 3. The number of fused-ring (bicyclic) bond motifs is 1. The Labute approximate surface area is 178 Å². The zero-order chi connectivity index (χ0) is 19.8. The Bertz CT molecular complexity index is 1210. The molecule has 1 aliphatic rings. The average Bonchev–Trinajstić information content (AvgIpc) is 2.93. The van der Waals surface area contributed by atoms with Crippen LogP contribution in [-0.4, -0.2) is 31.6 Å². The minimum absolute atomic E-state index is 0.125. The van der Waals surface area contributed by atoms with Gasteiger partial charge in [-0.2, -0.15) is 4.98 Å². The van der Waals surface area contributed by atoms with Crippen molar-refractivity contribution in [3.63, 3.8) is 0 Å². The summed E-state index contributed by atoms with van der Waals surface area (Å²) in [5, 5.41) is 0. The van der Waals surface area contributed by atoms with Crippen LogP contribution in [0.3, 0.4) is 0 Å². The maximum atomic E-state index is 13.1. The number of thioether (sulfide) groups is 1. The molecule has 2 aromatic heterocycles. The van der Waals surface area contributed by atoms with Crippen LogP contribution in [0.15, 0.2) is 62.8 Å². The van der Waals surface area contributed by atoms with E-state index in [4.69, 9.17) is 17.0 Å². The van der Waals surface area contributed by atoms with Crippen molar-refractivity contribution in [1.82, 2.24) is 14.3 Å². The number of pyridine rings is 1. The fraction of sp³-hybridized carbons (Fsp3) is 0.0526. The van der Waals surface area contributed by atoms with Crippen molar-refractivity contribution in [3.8, 4) is 11.6 Å². The summed E-state index contributed by atoms with van der Waals surface area (Å²) in [6.45, 7) is 0. The van der Waals surface area contributed by atoms with Gasteiger partial charge in [0.25, 0.3) is 11.5 Å². The molecule has 0 spiro atoms. The predicted octanol–water partition coefficient (Wildman–Crippen LogP) is 4.08. The van der Waals surface area contributed by atoms with Crippen molar-refractivity contribution in [3.05, 3.63) is 74.0 Å². The lowest BCUT2D eigenvalue weighted by Gasteiger charge is -2.10. The number of ether oxygens (including phenoxy) is 1. The van der Waals surface area contributed by atoms with Gasteiger partial charge in [-0.05, 0) is 42.5 Å². The molecule has 0 N–H and O–H groups in total. The molecule has 0 unspecified atom stereocenters. The molecule has 0 aliphatic carbocycles. The first-order valence-corrected chi connectivity index (χ1v) is 10.1. The Morgan fingerprint density at radius 3 is 2.61 bits per heavy atom. The lowest BCUT2D eigenvalue weighted by atomic mass is 10.2. The number of hydrogen-bond donors (Lipinski definition) is 0. The monoisotopic (exact) mass is 473 g/mol. The number of carbonyl (C=O) groups is 1. The molecule has 3 aromatic rings. The van der Waals surface area contributed by atoms with Gasteiger partial charge >= 0.3 is 0 Å². The molecule has 3 heterocycles. The van der Waals surface area contributed by atoms with Crippen molar-refractivity contribution in [2.24, 2.45) is 0 Å². The molecular weight excluding hydrogens is 462 g/mol. The summed E-state index contributed by atoms with van der Waals surface area (Å²) in [4.78, 5) is 31.6. The number of thiocarbonyl (C=S) groups is 1. The van der Waals surface area contributed by atoms with Crippen molar-refractivity contribution >= 4 is 61.9 Å². The van der Waals surface area contributed by atoms with E-state index in [0.29, 0.717) is 20.6 Å². The predicted molar refractivity (Wildman–Crippen MR) is 117 cm³/mol. The summed E-state index contributed by atoms with van der Waals surface area (Å²) in [6.07, 6.45) is 3.11. The second-order valence-electron chi connectivity index (χ2n) is 5.86. The van der Waals surface area contributed by atoms with E-state index < -0.39 is 0 Å². The standard InChI is InChI=1S/C19H12BrN3O3S2/c1-22-18(25)14(28-19(22)27)10-13-16(26-12-7-5-11(20)6-8-12)21-15-4-2-3-9-23(15)17(13)24/h2-10H,1H3/b14-10-. The van der Waals surface area contributed by atoms with Crippen LogP contribution in [0, 0.1) is 0 Å². The first-order chi connectivity index (χ1) is 13.4. The Morgan fingerprint density at radius 2 is 1.93 bits per heavy atom. The summed E-state index contributed by atoms with van der Waals surface area (Å²) in [7, 11) is 1.60. The number of aromatic nitrogens is 2. The highest BCUT2D eigenvalue weighted by atomic mass is 79.9. The Balaban J connectivity index is 1.89. The van der Waals surface area contributed by atoms with Gasteiger partial charge in [-0.3, -0.25) is 18.9 Å². The number of benzene rings is 1. The van der Waals surface area contributed by atoms with E-state index in [1.165, 1.54) is 15.4 Å². The maximum Gasteiger partial charge on any atom is 0.269 e. The smallest absolute Gasteiger partial charge is 0.269 e. The molecule has 6 nitrogen and oxygen atoms in total. The highest BCUT2D eigenvalue weighted by molar-refractivity contribution is 9.10. The van der Waals surface area contributed by atoms with E-state index in [0.717, 1.165) is 16.2 Å². The second-order valence-corrected chi connectivity index (χ2v) is 8.45. The van der Waals surface area contributed by atoms with Gasteiger partial charge < -0.3 is 4.74 Å². The molecule has 0 saturated carbocycles. The van der Waals surface area contributed by atoms with E-state index in [1.54, 1.807) is 43.6 Å². The quantitative estimate of drug-likeness (QED) is 0.421. The van der Waals surface area contributed by atoms with Gasteiger partial charge in [0.1, 0.15) is 21.3 Å². The van der Waals surface area contributed by atoms with Crippen LogP contribution in [0.4, 0.5) is 0 Å². The van der Waals surface area contributed by atoms with Crippen LogP contribution in [-0.2, 0) is 4.79 Å². The van der Waals surface area contributed by atoms with Crippen LogP contribution >= 0.6 is 39.9 Å². The minimum Gasteiger partial charge on any atom is -0.438 e. The highest BCUT2D eigenvalue weighted by Gasteiger charge is 2.29. The zero-order valence-electron chi connectivity index (χ0n) is 14.5. The summed E-state index contributed by atoms with van der Waals surface area (Å²) >= 11 is 9.68. The van der Waals surface area contributed by atoms with E-state index >= 15 is 0 Å². The number of likely N-dealkylation sites (N-methyl/N-ethyl adjacent to an activating group) is 1. The Kier molecular flexibility index (Phi) is 5.05. The van der Waals surface area contributed by atoms with Gasteiger partial charge in [0.05, 0.1) is 4.91 Å². The topological polar surface area (TPSA) is 63.9 Å². The Hall–Kier alpha value is -2.49. The first-order valence-electron chi connectivity index (χ1n) is 8.10. The molecular formula is C19H12BrN3O3S2. The average molecular weight is 474 g/mol. The van der Waals surface area contributed by atoms with Crippen LogP contribution < -0.4 is 10.3 Å². The first kappa shape index (κ1) is 18.9. The number of hydrogen-bond acceptors (Lipinski definition) is 6. The molecule has 140 valence electrons. The number of carbonyl (C=O) groups excluding carboxylic acids is 1. The molecule has 1 fully saturated rings. The van der Waals surface area contributed by atoms with E-state index in [9.17, 15) is 9.59 Å². The van der Waals surface area contributed by atoms with E-state index in [-0.39, 0.29) is 22.9 Å². The minimum atomic E-state index is -0.334. The second kappa shape index (κ2) is 7.50. The highest BCUT2D eigenvalue weighted by Crippen LogP contribution is 2.33. The molecule has 4 rings (SSSR count). The molecule has 0 bridgehead atoms. The van der Waals surface area contributed by atoms with Gasteiger partial charge in [0.15, 0.2) is 0 Å². The molecule has 1 amide bonds. The van der Waals surface area contributed by atoms with E-state index in [2.05, 4.69) is 20.9 Å². The summed E-state index contributed by atoms with van der Waals surface area (Å²) < 4.78 is 8.64.